The third kappa shape index (κ3) is 3.16. The molecular weight excluding hydrogens is 318 g/mol. The van der Waals surface area contributed by atoms with Gasteiger partial charge in [0.05, 0.1) is 17.1 Å². The van der Waals surface area contributed by atoms with E-state index in [1.165, 1.54) is 5.56 Å². The Hall–Kier alpha value is -3.20. The number of para-hydroxylation sites is 1. The monoisotopic (exact) mass is 339 g/mol. The van der Waals surface area contributed by atoms with Crippen LogP contribution in [0.3, 0.4) is 0 Å². The lowest BCUT2D eigenvalue weighted by molar-refractivity contribution is 0.859. The molecule has 2 heterocycles. The van der Waals surface area contributed by atoms with Crippen LogP contribution in [0.1, 0.15) is 25.3 Å². The lowest BCUT2D eigenvalue weighted by atomic mass is 9.93. The van der Waals surface area contributed by atoms with Gasteiger partial charge in [-0.15, -0.1) is 0 Å². The van der Waals surface area contributed by atoms with Gasteiger partial charge in [0.2, 0.25) is 0 Å². The minimum Gasteiger partial charge on any atom is -0.256 e. The molecule has 128 valence electrons. The van der Waals surface area contributed by atoms with Crippen LogP contribution in [-0.4, -0.2) is 14.8 Å². The SMILES string of the molecule is CC(C)c1ccc(-c2ccccn2)cc1-c1ccn(-c2ccccc2)n1. The topological polar surface area (TPSA) is 30.7 Å². The van der Waals surface area contributed by atoms with E-state index in [-0.39, 0.29) is 0 Å². The molecule has 0 fully saturated rings. The van der Waals surface area contributed by atoms with Gasteiger partial charge in [0.25, 0.3) is 0 Å². The number of hydrogen-bond acceptors (Lipinski definition) is 2. The van der Waals surface area contributed by atoms with Gasteiger partial charge in [0.1, 0.15) is 0 Å². The third-order valence-corrected chi connectivity index (χ3v) is 4.52. The maximum absolute atomic E-state index is 4.82. The first-order valence-corrected chi connectivity index (χ1v) is 8.89. The second-order valence-electron chi connectivity index (χ2n) is 6.65. The van der Waals surface area contributed by atoms with Crippen molar-refractivity contribution in [2.45, 2.75) is 19.8 Å². The van der Waals surface area contributed by atoms with Gasteiger partial charge in [-0.3, -0.25) is 4.98 Å². The summed E-state index contributed by atoms with van der Waals surface area (Å²) in [5.41, 5.74) is 6.59. The van der Waals surface area contributed by atoms with E-state index >= 15 is 0 Å². The van der Waals surface area contributed by atoms with E-state index in [9.17, 15) is 0 Å². The number of rotatable bonds is 4. The van der Waals surface area contributed by atoms with Crippen LogP contribution >= 0.6 is 0 Å². The molecule has 3 heteroatoms. The highest BCUT2D eigenvalue weighted by molar-refractivity contribution is 5.72. The van der Waals surface area contributed by atoms with Gasteiger partial charge in [0.15, 0.2) is 0 Å². The first kappa shape index (κ1) is 16.3. The maximum Gasteiger partial charge on any atom is 0.0930 e. The van der Waals surface area contributed by atoms with Gasteiger partial charge in [-0.25, -0.2) is 4.68 Å². The summed E-state index contributed by atoms with van der Waals surface area (Å²) in [6.45, 7) is 4.43. The van der Waals surface area contributed by atoms with Gasteiger partial charge >= 0.3 is 0 Å². The van der Waals surface area contributed by atoms with Crippen molar-refractivity contribution in [3.8, 4) is 28.2 Å². The summed E-state index contributed by atoms with van der Waals surface area (Å²) < 4.78 is 1.92. The number of nitrogens with zero attached hydrogens (tertiary/aromatic N) is 3. The molecular formula is C23H21N3. The number of hydrogen-bond donors (Lipinski definition) is 0. The van der Waals surface area contributed by atoms with E-state index in [0.717, 1.165) is 28.2 Å². The highest BCUT2D eigenvalue weighted by atomic mass is 15.3. The number of pyridine rings is 1. The van der Waals surface area contributed by atoms with Crippen LogP contribution in [0.15, 0.2) is 85.2 Å². The Morgan fingerprint density at radius 3 is 2.35 bits per heavy atom. The molecule has 0 atom stereocenters. The average Bonchev–Trinajstić information content (AvgIpc) is 3.19. The number of benzene rings is 2. The zero-order valence-electron chi connectivity index (χ0n) is 15.0. The molecule has 0 radical (unpaired) electrons. The Morgan fingerprint density at radius 1 is 0.808 bits per heavy atom. The van der Waals surface area contributed by atoms with Gasteiger partial charge in [0, 0.05) is 23.5 Å². The predicted octanol–water partition coefficient (Wildman–Crippen LogP) is 5.72. The van der Waals surface area contributed by atoms with Crippen molar-refractivity contribution in [2.24, 2.45) is 0 Å². The molecule has 0 bridgehead atoms. The van der Waals surface area contributed by atoms with Gasteiger partial charge in [-0.1, -0.05) is 50.2 Å². The predicted molar refractivity (Wildman–Crippen MR) is 106 cm³/mol. The average molecular weight is 339 g/mol. The van der Waals surface area contributed by atoms with Crippen LogP contribution in [0.4, 0.5) is 0 Å². The molecule has 4 rings (SSSR count). The minimum atomic E-state index is 0.421. The van der Waals surface area contributed by atoms with Gasteiger partial charge in [-0.2, -0.15) is 5.10 Å². The summed E-state index contributed by atoms with van der Waals surface area (Å²) in [5, 5.41) is 4.82. The second kappa shape index (κ2) is 6.96. The molecule has 0 saturated heterocycles. The molecule has 3 nitrogen and oxygen atoms in total. The Balaban J connectivity index is 1.81. The van der Waals surface area contributed by atoms with Crippen molar-refractivity contribution in [3.63, 3.8) is 0 Å². The summed E-state index contributed by atoms with van der Waals surface area (Å²) in [6, 6.07) is 24.8. The van der Waals surface area contributed by atoms with Crippen LogP contribution in [0.2, 0.25) is 0 Å². The maximum atomic E-state index is 4.82. The van der Waals surface area contributed by atoms with Crippen LogP contribution in [0, 0.1) is 0 Å². The standard InChI is InChI=1S/C23H21N3/c1-17(2)20-12-11-18(22-10-6-7-14-24-22)16-21(20)23-13-15-26(25-23)19-8-4-3-5-9-19/h3-17H,1-2H3. The van der Waals surface area contributed by atoms with E-state index < -0.39 is 0 Å². The zero-order valence-corrected chi connectivity index (χ0v) is 15.0. The van der Waals surface area contributed by atoms with E-state index in [4.69, 9.17) is 5.10 Å². The fourth-order valence-corrected chi connectivity index (χ4v) is 3.17. The molecule has 2 aromatic carbocycles. The molecule has 0 saturated carbocycles. The Bertz CT molecular complexity index is 1000. The fourth-order valence-electron chi connectivity index (χ4n) is 3.17. The molecule has 4 aromatic rings. The molecule has 0 aliphatic rings. The van der Waals surface area contributed by atoms with Crippen molar-refractivity contribution >= 4 is 0 Å². The molecule has 0 aliphatic carbocycles. The normalized spacial score (nSPS) is 11.0. The number of aromatic nitrogens is 3. The molecule has 0 unspecified atom stereocenters. The van der Waals surface area contributed by atoms with Crippen molar-refractivity contribution in [1.29, 1.82) is 0 Å². The summed E-state index contributed by atoms with van der Waals surface area (Å²) in [6.07, 6.45) is 3.84. The first-order chi connectivity index (χ1) is 12.7. The van der Waals surface area contributed by atoms with Crippen LogP contribution < -0.4 is 0 Å². The summed E-state index contributed by atoms with van der Waals surface area (Å²) in [5.74, 6) is 0.421. The Morgan fingerprint density at radius 2 is 1.62 bits per heavy atom. The molecule has 0 spiro atoms. The van der Waals surface area contributed by atoms with Crippen molar-refractivity contribution in [3.05, 3.63) is 90.8 Å². The van der Waals surface area contributed by atoms with Gasteiger partial charge in [-0.05, 0) is 47.9 Å². The Kier molecular flexibility index (Phi) is 4.36. The van der Waals surface area contributed by atoms with E-state index in [0.29, 0.717) is 5.92 Å². The lowest BCUT2D eigenvalue weighted by Gasteiger charge is -2.13. The van der Waals surface area contributed by atoms with Crippen molar-refractivity contribution < 1.29 is 0 Å². The smallest absolute Gasteiger partial charge is 0.0930 e. The minimum absolute atomic E-state index is 0.421. The highest BCUT2D eigenvalue weighted by Crippen LogP contribution is 2.32. The van der Waals surface area contributed by atoms with E-state index in [1.807, 2.05) is 53.5 Å². The quantitative estimate of drug-likeness (QED) is 0.476. The summed E-state index contributed by atoms with van der Waals surface area (Å²) in [4.78, 5) is 4.49. The van der Waals surface area contributed by atoms with Gasteiger partial charge < -0.3 is 0 Å². The third-order valence-electron chi connectivity index (χ3n) is 4.52. The largest absolute Gasteiger partial charge is 0.256 e. The molecule has 2 aromatic heterocycles. The zero-order chi connectivity index (χ0) is 17.9. The van der Waals surface area contributed by atoms with E-state index in [2.05, 4.69) is 55.2 Å². The highest BCUT2D eigenvalue weighted by Gasteiger charge is 2.13. The van der Waals surface area contributed by atoms with Crippen LogP contribution in [0.5, 0.6) is 0 Å². The second-order valence-corrected chi connectivity index (χ2v) is 6.65. The van der Waals surface area contributed by atoms with Crippen molar-refractivity contribution in [1.82, 2.24) is 14.8 Å². The lowest BCUT2D eigenvalue weighted by Crippen LogP contribution is -1.97. The van der Waals surface area contributed by atoms with E-state index in [1.54, 1.807) is 0 Å². The van der Waals surface area contributed by atoms with Crippen molar-refractivity contribution in [2.75, 3.05) is 0 Å². The molecule has 0 N–H and O–H groups in total. The molecule has 26 heavy (non-hydrogen) atoms. The summed E-state index contributed by atoms with van der Waals surface area (Å²) >= 11 is 0. The molecule has 0 amide bonds. The van der Waals surface area contributed by atoms with Crippen LogP contribution in [-0.2, 0) is 0 Å². The summed E-state index contributed by atoms with van der Waals surface area (Å²) in [7, 11) is 0. The first-order valence-electron chi connectivity index (χ1n) is 8.89. The molecule has 0 aliphatic heterocycles. The fraction of sp³-hybridized carbons (Fsp3) is 0.130. The Labute approximate surface area is 154 Å². The van der Waals surface area contributed by atoms with Crippen LogP contribution in [0.25, 0.3) is 28.2 Å².